The molecule has 34 heavy (non-hydrogen) atoms. The standard InChI is InChI=1S/C28H32F5O/c1-2-17-3-8-19(9-4-17)20-10-5-18(6-11-20)7-12-22-23(29)13-14-26(27(22)32)34-21-15-24(30)28(33)25(31)16-21/h13,15-20H,2-12H2,1H3/t17-,18?,19-,20?. The number of ether oxygens (including phenoxy) is 1. The molecular weight excluding hydrogens is 447 g/mol. The Morgan fingerprint density at radius 3 is 1.88 bits per heavy atom. The quantitative estimate of drug-likeness (QED) is 0.284. The molecule has 2 fully saturated rings. The third-order valence-corrected chi connectivity index (χ3v) is 8.09. The molecule has 2 aliphatic rings. The maximum Gasteiger partial charge on any atom is 0.194 e. The number of rotatable bonds is 7. The molecule has 0 bridgehead atoms. The lowest BCUT2D eigenvalue weighted by atomic mass is 9.68. The molecule has 0 heterocycles. The summed E-state index contributed by atoms with van der Waals surface area (Å²) in [6.07, 6.45) is 12.1. The van der Waals surface area contributed by atoms with Crippen molar-refractivity contribution in [3.63, 3.8) is 0 Å². The molecule has 0 amide bonds. The van der Waals surface area contributed by atoms with E-state index in [0.29, 0.717) is 24.5 Å². The Morgan fingerprint density at radius 1 is 0.765 bits per heavy atom. The molecule has 2 aromatic rings. The summed E-state index contributed by atoms with van der Waals surface area (Å²) in [5, 5.41) is 0. The zero-order valence-electron chi connectivity index (χ0n) is 19.6. The average molecular weight is 480 g/mol. The molecule has 185 valence electrons. The largest absolute Gasteiger partial charge is 0.453 e. The van der Waals surface area contributed by atoms with Crippen molar-refractivity contribution in [1.29, 1.82) is 0 Å². The van der Waals surface area contributed by atoms with Crippen LogP contribution in [-0.4, -0.2) is 0 Å². The molecule has 0 aromatic heterocycles. The number of benzene rings is 2. The minimum atomic E-state index is -1.64. The van der Waals surface area contributed by atoms with E-state index in [9.17, 15) is 22.0 Å². The summed E-state index contributed by atoms with van der Waals surface area (Å²) in [6, 6.07) is 4.52. The van der Waals surface area contributed by atoms with Gasteiger partial charge in [0.1, 0.15) is 11.6 Å². The zero-order valence-corrected chi connectivity index (χ0v) is 19.6. The number of halogens is 5. The van der Waals surface area contributed by atoms with E-state index in [4.69, 9.17) is 4.74 Å². The average Bonchev–Trinajstić information content (AvgIpc) is 2.84. The predicted octanol–water partition coefficient (Wildman–Crippen LogP) is 8.93. The molecule has 4 rings (SSSR count). The minimum absolute atomic E-state index is 0.114. The first-order chi connectivity index (χ1) is 16.4. The summed E-state index contributed by atoms with van der Waals surface area (Å²) < 4.78 is 74.5. The topological polar surface area (TPSA) is 9.23 Å². The van der Waals surface area contributed by atoms with Crippen LogP contribution >= 0.6 is 0 Å². The van der Waals surface area contributed by atoms with E-state index in [1.165, 1.54) is 44.9 Å². The van der Waals surface area contributed by atoms with Crippen LogP contribution in [0, 0.1) is 58.8 Å². The highest BCUT2D eigenvalue weighted by Gasteiger charge is 2.30. The van der Waals surface area contributed by atoms with E-state index in [0.717, 1.165) is 36.7 Å². The number of hydrogen-bond donors (Lipinski definition) is 0. The van der Waals surface area contributed by atoms with Gasteiger partial charge in [0.15, 0.2) is 29.0 Å². The third-order valence-electron chi connectivity index (χ3n) is 8.09. The maximum absolute atomic E-state index is 15.0. The van der Waals surface area contributed by atoms with Crippen LogP contribution in [0.1, 0.15) is 76.7 Å². The van der Waals surface area contributed by atoms with Crippen LogP contribution in [0.3, 0.4) is 0 Å². The molecule has 0 N–H and O–H groups in total. The Hall–Kier alpha value is -2.11. The van der Waals surface area contributed by atoms with E-state index >= 15 is 0 Å². The maximum atomic E-state index is 15.0. The van der Waals surface area contributed by atoms with Gasteiger partial charge < -0.3 is 4.74 Å². The van der Waals surface area contributed by atoms with Gasteiger partial charge in [0.25, 0.3) is 0 Å². The van der Waals surface area contributed by atoms with Crippen molar-refractivity contribution in [1.82, 2.24) is 0 Å². The second-order valence-electron chi connectivity index (χ2n) is 10.1. The van der Waals surface area contributed by atoms with Crippen LogP contribution < -0.4 is 4.74 Å². The third kappa shape index (κ3) is 5.75. The van der Waals surface area contributed by atoms with Crippen molar-refractivity contribution in [2.24, 2.45) is 23.7 Å². The SMILES string of the molecule is CC[C@H]1CC[C@H](C2CCC(CCc3c(F)c[c]c(Oc4cc(F)c(F)c(F)c4)c3F)CC2)CC1. The molecule has 2 saturated carbocycles. The molecule has 1 radical (unpaired) electrons. The summed E-state index contributed by atoms with van der Waals surface area (Å²) >= 11 is 0. The van der Waals surface area contributed by atoms with Gasteiger partial charge in [-0.05, 0) is 68.3 Å². The van der Waals surface area contributed by atoms with Gasteiger partial charge in [0.05, 0.1) is 0 Å². The van der Waals surface area contributed by atoms with Crippen molar-refractivity contribution >= 4 is 0 Å². The Balaban J connectivity index is 1.33. The Morgan fingerprint density at radius 2 is 1.32 bits per heavy atom. The Bertz CT molecular complexity index is 952. The first-order valence-corrected chi connectivity index (χ1v) is 12.6. The molecule has 2 aliphatic carbocycles. The zero-order chi connectivity index (χ0) is 24.2. The van der Waals surface area contributed by atoms with Crippen LogP contribution in [0.4, 0.5) is 22.0 Å². The highest BCUT2D eigenvalue weighted by atomic mass is 19.2. The van der Waals surface area contributed by atoms with Crippen molar-refractivity contribution in [2.45, 2.75) is 77.6 Å². The smallest absolute Gasteiger partial charge is 0.194 e. The predicted molar refractivity (Wildman–Crippen MR) is 121 cm³/mol. The monoisotopic (exact) mass is 479 g/mol. The van der Waals surface area contributed by atoms with Gasteiger partial charge in [-0.1, -0.05) is 39.0 Å². The number of hydrogen-bond acceptors (Lipinski definition) is 1. The van der Waals surface area contributed by atoms with Gasteiger partial charge in [-0.25, -0.2) is 22.0 Å². The molecule has 0 aliphatic heterocycles. The normalized spacial score (nSPS) is 25.4. The fourth-order valence-electron chi connectivity index (χ4n) is 5.90. The fourth-order valence-corrected chi connectivity index (χ4v) is 5.90. The van der Waals surface area contributed by atoms with Crippen molar-refractivity contribution < 1.29 is 26.7 Å². The van der Waals surface area contributed by atoms with E-state index in [2.05, 4.69) is 13.0 Å². The van der Waals surface area contributed by atoms with Crippen molar-refractivity contribution in [3.8, 4) is 11.5 Å². The first-order valence-electron chi connectivity index (χ1n) is 12.6. The summed E-state index contributed by atoms with van der Waals surface area (Å²) in [6.45, 7) is 2.28. The molecule has 0 saturated heterocycles. The summed E-state index contributed by atoms with van der Waals surface area (Å²) in [7, 11) is 0. The van der Waals surface area contributed by atoms with Crippen LogP contribution in [0.2, 0.25) is 0 Å². The molecule has 1 nitrogen and oxygen atoms in total. The highest BCUT2D eigenvalue weighted by molar-refractivity contribution is 5.36. The van der Waals surface area contributed by atoms with Crippen molar-refractivity contribution in [2.75, 3.05) is 0 Å². The molecule has 0 atom stereocenters. The van der Waals surface area contributed by atoms with Gasteiger partial charge in [0, 0.05) is 23.8 Å². The summed E-state index contributed by atoms with van der Waals surface area (Å²) in [4.78, 5) is 0. The molecular formula is C28H32F5O. The Labute approximate surface area is 198 Å². The van der Waals surface area contributed by atoms with Gasteiger partial charge in [-0.3, -0.25) is 0 Å². The van der Waals surface area contributed by atoms with E-state index in [-0.39, 0.29) is 12.0 Å². The van der Waals surface area contributed by atoms with Crippen LogP contribution in [0.25, 0.3) is 0 Å². The van der Waals surface area contributed by atoms with Gasteiger partial charge in [-0.15, -0.1) is 0 Å². The molecule has 0 spiro atoms. The molecule has 2 aromatic carbocycles. The fraction of sp³-hybridized carbons (Fsp3) is 0.571. The Kier molecular flexibility index (Phi) is 8.15. The summed E-state index contributed by atoms with van der Waals surface area (Å²) in [5.41, 5.74) is -0.114. The van der Waals surface area contributed by atoms with Gasteiger partial charge in [0.2, 0.25) is 0 Å². The van der Waals surface area contributed by atoms with E-state index < -0.39 is 40.6 Å². The molecule has 0 unspecified atom stereocenters. The minimum Gasteiger partial charge on any atom is -0.453 e. The first kappa shape index (κ1) is 25.0. The van der Waals surface area contributed by atoms with E-state index in [1.54, 1.807) is 0 Å². The van der Waals surface area contributed by atoms with Gasteiger partial charge >= 0.3 is 0 Å². The lowest BCUT2D eigenvalue weighted by molar-refractivity contribution is 0.142. The molecule has 6 heteroatoms. The van der Waals surface area contributed by atoms with Crippen LogP contribution in [0.15, 0.2) is 18.2 Å². The van der Waals surface area contributed by atoms with Gasteiger partial charge in [-0.2, -0.15) is 0 Å². The lowest BCUT2D eigenvalue weighted by Crippen LogP contribution is -2.26. The van der Waals surface area contributed by atoms with Crippen LogP contribution in [0.5, 0.6) is 11.5 Å². The second kappa shape index (κ2) is 11.1. The lowest BCUT2D eigenvalue weighted by Gasteiger charge is -2.37. The summed E-state index contributed by atoms with van der Waals surface area (Å²) in [5.74, 6) is -4.14. The van der Waals surface area contributed by atoms with E-state index in [1.807, 2.05) is 0 Å². The highest BCUT2D eigenvalue weighted by Crippen LogP contribution is 2.43. The second-order valence-corrected chi connectivity index (χ2v) is 10.1. The van der Waals surface area contributed by atoms with Crippen molar-refractivity contribution in [3.05, 3.63) is 58.9 Å². The van der Waals surface area contributed by atoms with Crippen LogP contribution in [-0.2, 0) is 6.42 Å².